The van der Waals surface area contributed by atoms with E-state index in [1.165, 1.54) is 109 Å². The number of rotatable bonds is 40. The van der Waals surface area contributed by atoms with Gasteiger partial charge in [0.25, 0.3) is 0 Å². The number of unbranched alkanes of at least 4 members (excludes halogenated alkanes) is 23. The molecule has 2 saturated heterocycles. The molecule has 2 aliphatic heterocycles. The zero-order valence-corrected chi connectivity index (χ0v) is 40.9. The van der Waals surface area contributed by atoms with Crippen LogP contribution in [0.3, 0.4) is 0 Å². The first-order chi connectivity index (χ1) is 32.1. The molecule has 0 aromatic heterocycles. The number of amides is 1. The number of allylic oxidation sites excluding steroid dienone is 5. The molecule has 14 nitrogen and oxygen atoms in total. The third-order valence-electron chi connectivity index (χ3n) is 12.8. The van der Waals surface area contributed by atoms with Gasteiger partial charge in [-0.3, -0.25) is 4.79 Å². The van der Waals surface area contributed by atoms with Gasteiger partial charge in [-0.15, -0.1) is 0 Å². The van der Waals surface area contributed by atoms with Crippen molar-refractivity contribution in [2.24, 2.45) is 0 Å². The van der Waals surface area contributed by atoms with Crippen LogP contribution >= 0.6 is 0 Å². The van der Waals surface area contributed by atoms with E-state index in [9.17, 15) is 45.6 Å². The summed E-state index contributed by atoms with van der Waals surface area (Å²) in [5.41, 5.74) is 0. The first kappa shape index (κ1) is 60.3. The largest absolute Gasteiger partial charge is 0.394 e. The van der Waals surface area contributed by atoms with Crippen LogP contribution < -0.4 is 5.32 Å². The number of aliphatic hydroxyl groups is 8. The number of ether oxygens (including phenoxy) is 4. The zero-order chi connectivity index (χ0) is 48.2. The van der Waals surface area contributed by atoms with Crippen molar-refractivity contribution in [3.8, 4) is 0 Å². The third kappa shape index (κ3) is 25.7. The molecule has 0 aromatic carbocycles. The van der Waals surface area contributed by atoms with E-state index in [2.05, 4.69) is 43.5 Å². The van der Waals surface area contributed by atoms with E-state index in [4.69, 9.17) is 18.9 Å². The molecule has 12 unspecified atom stereocenters. The van der Waals surface area contributed by atoms with Crippen molar-refractivity contribution in [3.05, 3.63) is 36.5 Å². The van der Waals surface area contributed by atoms with Crippen molar-refractivity contribution in [1.82, 2.24) is 5.32 Å². The topological polar surface area (TPSA) is 228 Å². The van der Waals surface area contributed by atoms with Crippen LogP contribution in [-0.2, 0) is 23.7 Å². The van der Waals surface area contributed by atoms with Crippen molar-refractivity contribution in [2.75, 3.05) is 19.8 Å². The van der Waals surface area contributed by atoms with E-state index >= 15 is 0 Å². The van der Waals surface area contributed by atoms with Gasteiger partial charge in [0.2, 0.25) is 5.91 Å². The lowest BCUT2D eigenvalue weighted by Crippen LogP contribution is -2.65. The van der Waals surface area contributed by atoms with Crippen molar-refractivity contribution < 1.29 is 64.6 Å². The molecule has 0 spiro atoms. The summed E-state index contributed by atoms with van der Waals surface area (Å²) < 4.78 is 22.6. The quantitative estimate of drug-likeness (QED) is 0.0221. The summed E-state index contributed by atoms with van der Waals surface area (Å²) in [5.74, 6) is -0.267. The second kappa shape index (κ2) is 39.0. The minimum atomic E-state index is -1.79. The van der Waals surface area contributed by atoms with Crippen LogP contribution in [0.2, 0.25) is 0 Å². The number of aliphatic hydroxyl groups excluding tert-OH is 8. The van der Waals surface area contributed by atoms with Crippen LogP contribution in [0, 0.1) is 0 Å². The van der Waals surface area contributed by atoms with Gasteiger partial charge in [-0.05, 0) is 44.9 Å². The third-order valence-corrected chi connectivity index (χ3v) is 12.8. The lowest BCUT2D eigenvalue weighted by Gasteiger charge is -2.46. The average Bonchev–Trinajstić information content (AvgIpc) is 3.31. The highest BCUT2D eigenvalue weighted by molar-refractivity contribution is 5.76. The molecule has 2 rings (SSSR count). The Balaban J connectivity index is 1.70. The van der Waals surface area contributed by atoms with E-state index in [1.807, 2.05) is 6.08 Å². The predicted molar refractivity (Wildman–Crippen MR) is 258 cm³/mol. The maximum atomic E-state index is 12.9. The van der Waals surface area contributed by atoms with Gasteiger partial charge in [0.15, 0.2) is 12.6 Å². The lowest BCUT2D eigenvalue weighted by molar-refractivity contribution is -0.359. The molecule has 0 bridgehead atoms. The summed E-state index contributed by atoms with van der Waals surface area (Å²) in [7, 11) is 0. The molecule has 9 N–H and O–H groups in total. The molecule has 2 fully saturated rings. The Kier molecular flexibility index (Phi) is 35.6. The average molecular weight is 942 g/mol. The Hall–Kier alpha value is -1.79. The van der Waals surface area contributed by atoms with Gasteiger partial charge in [0.05, 0.1) is 32.0 Å². The summed E-state index contributed by atoms with van der Waals surface area (Å²) in [5, 5.41) is 86.3. The standard InChI is InChI=1S/C52H95NO13/c1-3-5-7-9-10-11-12-13-14-15-16-17-18-19-20-21-22-23-24-25-26-27-28-29-30-32-33-35-41(56)40(53-44(57)36-34-31-8-6-4-2)39-63-51-49(62)47(60)50(43(38-55)65-51)66-52-48(61)46(59)45(58)42(37-54)64-52/h24-25,28-29,33,35,40-43,45-52,54-56,58-62H,3-23,26-27,30-32,34,36-39H2,1-2H3,(H,53,57)/b25-24+,29-28+,35-33+. The maximum Gasteiger partial charge on any atom is 0.220 e. The fourth-order valence-corrected chi connectivity index (χ4v) is 8.50. The van der Waals surface area contributed by atoms with Crippen LogP contribution in [0.5, 0.6) is 0 Å². The Morgan fingerprint density at radius 2 is 0.970 bits per heavy atom. The van der Waals surface area contributed by atoms with Crippen molar-refractivity contribution in [3.63, 3.8) is 0 Å². The number of hydrogen-bond acceptors (Lipinski definition) is 13. The number of nitrogens with one attached hydrogen (secondary N) is 1. The van der Waals surface area contributed by atoms with Gasteiger partial charge in [0.1, 0.15) is 48.8 Å². The Labute approximate surface area is 398 Å². The second-order valence-electron chi connectivity index (χ2n) is 18.6. The smallest absolute Gasteiger partial charge is 0.220 e. The highest BCUT2D eigenvalue weighted by atomic mass is 16.7. The first-order valence-electron chi connectivity index (χ1n) is 26.2. The monoisotopic (exact) mass is 942 g/mol. The van der Waals surface area contributed by atoms with Crippen LogP contribution in [0.4, 0.5) is 0 Å². The van der Waals surface area contributed by atoms with E-state index < -0.39 is 86.8 Å². The molecule has 14 heteroatoms. The molecule has 66 heavy (non-hydrogen) atoms. The van der Waals surface area contributed by atoms with Crippen LogP contribution in [0.1, 0.15) is 194 Å². The molecule has 1 amide bonds. The second-order valence-corrected chi connectivity index (χ2v) is 18.6. The Bertz CT molecular complexity index is 1250. The minimum absolute atomic E-state index is 0.265. The summed E-state index contributed by atoms with van der Waals surface area (Å²) in [6.45, 7) is 2.65. The van der Waals surface area contributed by atoms with E-state index in [-0.39, 0.29) is 18.9 Å². The number of hydrogen-bond donors (Lipinski definition) is 9. The number of carbonyl (C=O) groups is 1. The molecule has 0 aliphatic carbocycles. The van der Waals surface area contributed by atoms with Crippen molar-refractivity contribution >= 4 is 5.91 Å². The van der Waals surface area contributed by atoms with E-state index in [1.54, 1.807) is 6.08 Å². The van der Waals surface area contributed by atoms with Gasteiger partial charge in [-0.1, -0.05) is 179 Å². The zero-order valence-electron chi connectivity index (χ0n) is 40.9. The molecular weight excluding hydrogens is 847 g/mol. The van der Waals surface area contributed by atoms with E-state index in [0.29, 0.717) is 12.8 Å². The molecular formula is C52H95NO13. The predicted octanol–water partition coefficient (Wildman–Crippen LogP) is 7.10. The summed E-state index contributed by atoms with van der Waals surface area (Å²) in [4.78, 5) is 12.9. The summed E-state index contributed by atoms with van der Waals surface area (Å²) >= 11 is 0. The molecule has 12 atom stereocenters. The SMILES string of the molecule is CCCCCCCCCCCCCCCCCCC/C=C/CC/C=C/CC/C=C/C(O)C(COC1OC(CO)C(OC2OC(CO)C(O)C(O)C2O)C(O)C1O)NC(=O)CCCCCCC. The number of carbonyl (C=O) groups excluding carboxylic acids is 1. The molecule has 2 aliphatic rings. The Morgan fingerprint density at radius 3 is 1.48 bits per heavy atom. The van der Waals surface area contributed by atoms with Gasteiger partial charge >= 0.3 is 0 Å². The highest BCUT2D eigenvalue weighted by Gasteiger charge is 2.51. The summed E-state index contributed by atoms with van der Waals surface area (Å²) in [6.07, 6.45) is 28.4. The van der Waals surface area contributed by atoms with Crippen LogP contribution in [-0.4, -0.2) is 140 Å². The fourth-order valence-electron chi connectivity index (χ4n) is 8.50. The highest BCUT2D eigenvalue weighted by Crippen LogP contribution is 2.30. The van der Waals surface area contributed by atoms with Crippen molar-refractivity contribution in [1.29, 1.82) is 0 Å². The minimum Gasteiger partial charge on any atom is -0.394 e. The van der Waals surface area contributed by atoms with Crippen molar-refractivity contribution in [2.45, 2.75) is 267 Å². The normalized spacial score (nSPS) is 27.1. The maximum absolute atomic E-state index is 12.9. The van der Waals surface area contributed by atoms with Crippen LogP contribution in [0.25, 0.3) is 0 Å². The molecule has 0 radical (unpaired) electrons. The van der Waals surface area contributed by atoms with Crippen LogP contribution in [0.15, 0.2) is 36.5 Å². The molecule has 386 valence electrons. The van der Waals surface area contributed by atoms with Gasteiger partial charge in [-0.2, -0.15) is 0 Å². The first-order valence-corrected chi connectivity index (χ1v) is 26.2. The lowest BCUT2D eigenvalue weighted by atomic mass is 9.97. The fraction of sp³-hybridized carbons (Fsp3) is 0.865. The van der Waals surface area contributed by atoms with Gasteiger partial charge in [0, 0.05) is 6.42 Å². The summed E-state index contributed by atoms with van der Waals surface area (Å²) in [6, 6.07) is -0.931. The van der Waals surface area contributed by atoms with E-state index in [0.717, 1.165) is 51.4 Å². The van der Waals surface area contributed by atoms with Gasteiger partial charge < -0.3 is 65.1 Å². The Morgan fingerprint density at radius 1 is 0.530 bits per heavy atom. The molecule has 0 aromatic rings. The molecule has 0 saturated carbocycles. The van der Waals surface area contributed by atoms with Gasteiger partial charge in [-0.25, -0.2) is 0 Å². The molecule has 2 heterocycles.